The van der Waals surface area contributed by atoms with Crippen LogP contribution in [0.15, 0.2) is 6.20 Å². The van der Waals surface area contributed by atoms with Gasteiger partial charge in [0.25, 0.3) is 0 Å². The topological polar surface area (TPSA) is 42.4 Å². The van der Waals surface area contributed by atoms with Gasteiger partial charge in [0.1, 0.15) is 5.75 Å². The highest BCUT2D eigenvalue weighted by atomic mass is 16.5. The fourth-order valence-corrected chi connectivity index (χ4v) is 2.25. The molecule has 1 atom stereocenters. The monoisotopic (exact) mass is 207 g/mol. The minimum atomic E-state index is -0.419. The molecular formula is C12H17NO2. The average molecular weight is 207 g/mol. The molecule has 0 aliphatic heterocycles. The van der Waals surface area contributed by atoms with Gasteiger partial charge in [-0.3, -0.25) is 4.98 Å². The van der Waals surface area contributed by atoms with Gasteiger partial charge in [-0.1, -0.05) is 6.42 Å². The minimum absolute atomic E-state index is 0.419. The van der Waals surface area contributed by atoms with Crippen molar-refractivity contribution in [2.45, 2.75) is 38.7 Å². The van der Waals surface area contributed by atoms with Crippen molar-refractivity contribution >= 4 is 0 Å². The van der Waals surface area contributed by atoms with Crippen molar-refractivity contribution in [2.24, 2.45) is 0 Å². The molecule has 0 amide bonds. The smallest absolute Gasteiger partial charge is 0.128 e. The Kier molecular flexibility index (Phi) is 2.91. The molecule has 3 heteroatoms. The van der Waals surface area contributed by atoms with Gasteiger partial charge in [0.2, 0.25) is 0 Å². The molecule has 2 rings (SSSR count). The van der Waals surface area contributed by atoms with E-state index in [9.17, 15) is 5.11 Å². The van der Waals surface area contributed by atoms with E-state index in [-0.39, 0.29) is 0 Å². The minimum Gasteiger partial charge on any atom is -0.496 e. The Labute approximate surface area is 90.1 Å². The Bertz CT molecular complexity index is 363. The number of hydrogen-bond donors (Lipinski definition) is 1. The highest BCUT2D eigenvalue weighted by molar-refractivity contribution is 5.43. The van der Waals surface area contributed by atoms with Gasteiger partial charge >= 0.3 is 0 Å². The zero-order valence-corrected chi connectivity index (χ0v) is 9.29. The number of ether oxygens (including phenoxy) is 1. The molecule has 82 valence electrons. The van der Waals surface area contributed by atoms with E-state index in [1.54, 1.807) is 13.3 Å². The first kappa shape index (κ1) is 10.4. The first-order valence-corrected chi connectivity index (χ1v) is 5.44. The summed E-state index contributed by atoms with van der Waals surface area (Å²) in [4.78, 5) is 4.34. The van der Waals surface area contributed by atoms with Gasteiger partial charge in [0.15, 0.2) is 0 Å². The zero-order chi connectivity index (χ0) is 10.8. The van der Waals surface area contributed by atoms with Crippen molar-refractivity contribution < 1.29 is 9.84 Å². The van der Waals surface area contributed by atoms with E-state index in [1.165, 1.54) is 0 Å². The molecule has 1 aliphatic carbocycles. The van der Waals surface area contributed by atoms with Crippen molar-refractivity contribution in [1.29, 1.82) is 0 Å². The second-order valence-electron chi connectivity index (χ2n) is 4.10. The summed E-state index contributed by atoms with van der Waals surface area (Å²) in [5, 5.41) is 9.93. The quantitative estimate of drug-likeness (QED) is 0.717. The van der Waals surface area contributed by atoms with Gasteiger partial charge in [0.05, 0.1) is 18.9 Å². The molecule has 0 bridgehead atoms. The molecule has 1 aromatic heterocycles. The predicted octanol–water partition coefficient (Wildman–Crippen LogP) is 2.16. The number of hydrogen-bond acceptors (Lipinski definition) is 3. The Morgan fingerprint density at radius 3 is 3.00 bits per heavy atom. The summed E-state index contributed by atoms with van der Waals surface area (Å²) >= 11 is 0. The second kappa shape index (κ2) is 4.19. The van der Waals surface area contributed by atoms with Crippen LogP contribution in [0.4, 0.5) is 0 Å². The molecule has 3 nitrogen and oxygen atoms in total. The van der Waals surface area contributed by atoms with Crippen LogP contribution in [0.1, 0.15) is 42.2 Å². The van der Waals surface area contributed by atoms with Crippen molar-refractivity contribution in [3.8, 4) is 5.75 Å². The third kappa shape index (κ3) is 1.84. The summed E-state index contributed by atoms with van der Waals surface area (Å²) in [6.07, 6.45) is 5.30. The van der Waals surface area contributed by atoms with Crippen LogP contribution in [-0.2, 0) is 6.42 Å². The fraction of sp³-hybridized carbons (Fsp3) is 0.583. The van der Waals surface area contributed by atoms with Crippen LogP contribution in [0.3, 0.4) is 0 Å². The molecule has 0 saturated carbocycles. The van der Waals surface area contributed by atoms with Crippen molar-refractivity contribution in [3.63, 3.8) is 0 Å². The molecule has 1 heterocycles. The molecule has 1 aromatic rings. The van der Waals surface area contributed by atoms with E-state index in [4.69, 9.17) is 4.74 Å². The van der Waals surface area contributed by atoms with Gasteiger partial charge in [-0.05, 0) is 26.2 Å². The number of nitrogens with zero attached hydrogens (tertiary/aromatic N) is 1. The molecule has 0 saturated heterocycles. The van der Waals surface area contributed by atoms with Crippen LogP contribution in [0.25, 0.3) is 0 Å². The van der Waals surface area contributed by atoms with E-state index >= 15 is 0 Å². The molecule has 0 radical (unpaired) electrons. The molecule has 1 unspecified atom stereocenters. The Morgan fingerprint density at radius 2 is 2.27 bits per heavy atom. The number of aryl methyl sites for hydroxylation is 1. The molecule has 1 aliphatic rings. The number of rotatable bonds is 1. The third-order valence-electron chi connectivity index (χ3n) is 3.01. The molecule has 0 fully saturated rings. The standard InChI is InChI=1S/C12H17NO2/c1-8-7-13-11-9(12(8)15-2)5-3-4-6-10(11)14/h7,10,14H,3-6H2,1-2H3. The van der Waals surface area contributed by atoms with E-state index in [0.717, 1.165) is 48.3 Å². The van der Waals surface area contributed by atoms with Gasteiger partial charge in [-0.25, -0.2) is 0 Å². The lowest BCUT2D eigenvalue weighted by Gasteiger charge is -2.15. The SMILES string of the molecule is COc1c(C)cnc2c1CCCCC2O. The summed E-state index contributed by atoms with van der Waals surface area (Å²) in [5.41, 5.74) is 2.96. The Morgan fingerprint density at radius 1 is 1.47 bits per heavy atom. The molecule has 0 aromatic carbocycles. The summed E-state index contributed by atoms with van der Waals surface area (Å²) in [6, 6.07) is 0. The maximum atomic E-state index is 9.93. The van der Waals surface area contributed by atoms with Crippen LogP contribution < -0.4 is 4.74 Å². The average Bonchev–Trinajstić information content (AvgIpc) is 2.41. The lowest BCUT2D eigenvalue weighted by Crippen LogP contribution is -2.05. The fourth-order valence-electron chi connectivity index (χ4n) is 2.25. The first-order chi connectivity index (χ1) is 7.24. The number of aromatic nitrogens is 1. The maximum absolute atomic E-state index is 9.93. The number of methoxy groups -OCH3 is 1. The van der Waals surface area contributed by atoms with Crippen molar-refractivity contribution in [3.05, 3.63) is 23.0 Å². The second-order valence-corrected chi connectivity index (χ2v) is 4.10. The molecular weight excluding hydrogens is 190 g/mol. The van der Waals surface area contributed by atoms with E-state index < -0.39 is 6.10 Å². The van der Waals surface area contributed by atoms with Gasteiger partial charge in [-0.15, -0.1) is 0 Å². The van der Waals surface area contributed by atoms with Gasteiger partial charge < -0.3 is 9.84 Å². The van der Waals surface area contributed by atoms with E-state index in [0.29, 0.717) is 0 Å². The van der Waals surface area contributed by atoms with Crippen LogP contribution in [0.5, 0.6) is 5.75 Å². The summed E-state index contributed by atoms with van der Waals surface area (Å²) in [5.74, 6) is 0.904. The van der Waals surface area contributed by atoms with Gasteiger partial charge in [-0.2, -0.15) is 0 Å². The van der Waals surface area contributed by atoms with Crippen LogP contribution in [0, 0.1) is 6.92 Å². The Balaban J connectivity index is 2.53. The number of aliphatic hydroxyl groups excluding tert-OH is 1. The van der Waals surface area contributed by atoms with Crippen LogP contribution >= 0.6 is 0 Å². The van der Waals surface area contributed by atoms with Crippen molar-refractivity contribution in [2.75, 3.05) is 7.11 Å². The third-order valence-corrected chi connectivity index (χ3v) is 3.01. The normalized spacial score (nSPS) is 20.6. The molecule has 1 N–H and O–H groups in total. The molecule has 0 spiro atoms. The van der Waals surface area contributed by atoms with Crippen molar-refractivity contribution in [1.82, 2.24) is 4.98 Å². The summed E-state index contributed by atoms with van der Waals surface area (Å²) in [6.45, 7) is 1.99. The zero-order valence-electron chi connectivity index (χ0n) is 9.29. The number of fused-ring (bicyclic) bond motifs is 1. The lowest BCUT2D eigenvalue weighted by atomic mass is 10.0. The maximum Gasteiger partial charge on any atom is 0.128 e. The highest BCUT2D eigenvalue weighted by Crippen LogP contribution is 2.34. The first-order valence-electron chi connectivity index (χ1n) is 5.44. The summed E-state index contributed by atoms with van der Waals surface area (Å²) in [7, 11) is 1.68. The van der Waals surface area contributed by atoms with Crippen LogP contribution in [0.2, 0.25) is 0 Å². The largest absolute Gasteiger partial charge is 0.496 e. The Hall–Kier alpha value is -1.09. The molecule has 15 heavy (non-hydrogen) atoms. The highest BCUT2D eigenvalue weighted by Gasteiger charge is 2.21. The number of aliphatic hydroxyl groups is 1. The predicted molar refractivity (Wildman–Crippen MR) is 58.0 cm³/mol. The van der Waals surface area contributed by atoms with E-state index in [1.807, 2.05) is 6.92 Å². The number of pyridine rings is 1. The van der Waals surface area contributed by atoms with E-state index in [2.05, 4.69) is 4.98 Å². The summed E-state index contributed by atoms with van der Waals surface area (Å²) < 4.78 is 5.40. The van der Waals surface area contributed by atoms with Gasteiger partial charge in [0, 0.05) is 17.3 Å². The van der Waals surface area contributed by atoms with Crippen LogP contribution in [-0.4, -0.2) is 17.2 Å². The lowest BCUT2D eigenvalue weighted by molar-refractivity contribution is 0.161.